The molecule has 0 saturated heterocycles. The predicted octanol–water partition coefficient (Wildman–Crippen LogP) is 0.330. The minimum Gasteiger partial charge on any atom is -0.246 e. The van der Waals surface area contributed by atoms with Gasteiger partial charge in [-0.3, -0.25) is 0 Å². The largest absolute Gasteiger partial charge is 0.246 e. The summed E-state index contributed by atoms with van der Waals surface area (Å²) in [5.74, 6) is 0.296. The van der Waals surface area contributed by atoms with Gasteiger partial charge in [-0.2, -0.15) is 0 Å². The van der Waals surface area contributed by atoms with Gasteiger partial charge in [-0.05, 0) is 13.8 Å². The van der Waals surface area contributed by atoms with Crippen LogP contribution in [0.5, 0.6) is 0 Å². The number of fused-ring (bicyclic) bond motifs is 1. The van der Waals surface area contributed by atoms with Crippen LogP contribution in [0, 0.1) is 0 Å². The van der Waals surface area contributed by atoms with Crippen LogP contribution in [0.1, 0.15) is 31.3 Å². The van der Waals surface area contributed by atoms with Crippen LogP contribution in [0.3, 0.4) is 0 Å². The highest BCUT2D eigenvalue weighted by Gasteiger charge is 2.27. The Morgan fingerprint density at radius 3 is 2.79 bits per heavy atom. The van der Waals surface area contributed by atoms with E-state index in [2.05, 4.69) is 10.3 Å². The molecule has 14 heavy (non-hydrogen) atoms. The van der Waals surface area contributed by atoms with Crippen molar-refractivity contribution in [3.8, 4) is 0 Å². The van der Waals surface area contributed by atoms with Crippen molar-refractivity contribution < 1.29 is 8.42 Å². The zero-order valence-corrected chi connectivity index (χ0v) is 9.08. The van der Waals surface area contributed by atoms with E-state index >= 15 is 0 Å². The normalized spacial score (nSPS) is 19.6. The van der Waals surface area contributed by atoms with Crippen molar-refractivity contribution in [1.29, 1.82) is 0 Å². The molecule has 0 bridgehead atoms. The fourth-order valence-corrected chi connectivity index (χ4v) is 3.00. The van der Waals surface area contributed by atoms with Gasteiger partial charge in [0.2, 0.25) is 0 Å². The zero-order chi connectivity index (χ0) is 10.3. The molecule has 5 nitrogen and oxygen atoms in total. The van der Waals surface area contributed by atoms with E-state index in [9.17, 15) is 8.42 Å². The maximum absolute atomic E-state index is 11.4. The fourth-order valence-electron chi connectivity index (χ4n) is 1.64. The van der Waals surface area contributed by atoms with Gasteiger partial charge < -0.3 is 0 Å². The lowest BCUT2D eigenvalue weighted by atomic mass is 10.2. The minimum absolute atomic E-state index is 0.0908. The predicted molar refractivity (Wildman–Crippen MR) is 51.6 cm³/mol. The molecule has 1 aliphatic heterocycles. The Labute approximate surface area is 83.0 Å². The number of hydrogen-bond donors (Lipinski definition) is 0. The molecule has 1 aromatic rings. The molecule has 0 amide bonds. The van der Waals surface area contributed by atoms with E-state index in [-0.39, 0.29) is 17.5 Å². The third kappa shape index (κ3) is 1.54. The van der Waals surface area contributed by atoms with Crippen molar-refractivity contribution in [3.05, 3.63) is 11.4 Å². The molecule has 0 N–H and O–H groups in total. The summed E-state index contributed by atoms with van der Waals surface area (Å²) in [6.07, 6.45) is 0.504. The van der Waals surface area contributed by atoms with E-state index in [1.165, 1.54) is 0 Å². The molecule has 0 radical (unpaired) electrons. The molecule has 0 atom stereocenters. The average Bonchev–Trinajstić information content (AvgIpc) is 2.44. The second-order valence-corrected chi connectivity index (χ2v) is 6.05. The number of aryl methyl sites for hydroxylation is 1. The fraction of sp³-hybridized carbons (Fsp3) is 0.750. The quantitative estimate of drug-likeness (QED) is 0.677. The van der Waals surface area contributed by atoms with Crippen LogP contribution in [-0.2, 0) is 22.0 Å². The van der Waals surface area contributed by atoms with E-state index in [1.54, 1.807) is 4.68 Å². The SMILES string of the molecule is CC(C)n1nnc2c1CS(=O)(=O)CC2. The summed E-state index contributed by atoms with van der Waals surface area (Å²) in [6.45, 7) is 3.94. The van der Waals surface area contributed by atoms with Crippen LogP contribution in [0.2, 0.25) is 0 Å². The Balaban J connectivity index is 2.48. The van der Waals surface area contributed by atoms with E-state index < -0.39 is 9.84 Å². The summed E-state index contributed by atoms with van der Waals surface area (Å²) in [5.41, 5.74) is 1.61. The van der Waals surface area contributed by atoms with Gasteiger partial charge in [0.25, 0.3) is 0 Å². The Morgan fingerprint density at radius 2 is 2.14 bits per heavy atom. The second kappa shape index (κ2) is 3.05. The van der Waals surface area contributed by atoms with Crippen molar-refractivity contribution >= 4 is 9.84 Å². The number of sulfone groups is 1. The minimum atomic E-state index is -2.92. The van der Waals surface area contributed by atoms with Crippen LogP contribution >= 0.6 is 0 Å². The highest BCUT2D eigenvalue weighted by molar-refractivity contribution is 7.90. The maximum atomic E-state index is 11.4. The van der Waals surface area contributed by atoms with Gasteiger partial charge in [-0.25, -0.2) is 13.1 Å². The Kier molecular flexibility index (Phi) is 2.10. The summed E-state index contributed by atoms with van der Waals surface area (Å²) >= 11 is 0. The van der Waals surface area contributed by atoms with Crippen molar-refractivity contribution in [2.75, 3.05) is 5.75 Å². The standard InChI is InChI=1S/C8H13N3O2S/c1-6(2)11-8-5-14(12,13)4-3-7(8)9-10-11/h6H,3-5H2,1-2H3. The molecule has 6 heteroatoms. The highest BCUT2D eigenvalue weighted by Crippen LogP contribution is 2.20. The van der Waals surface area contributed by atoms with E-state index in [1.807, 2.05) is 13.8 Å². The lowest BCUT2D eigenvalue weighted by molar-refractivity contribution is 0.498. The third-order valence-corrected chi connectivity index (χ3v) is 3.91. The number of aromatic nitrogens is 3. The van der Waals surface area contributed by atoms with Gasteiger partial charge in [0.15, 0.2) is 9.84 Å². The molecular weight excluding hydrogens is 202 g/mol. The Hall–Kier alpha value is -0.910. The van der Waals surface area contributed by atoms with Crippen LogP contribution < -0.4 is 0 Å². The Bertz CT molecular complexity index is 447. The lowest BCUT2D eigenvalue weighted by Crippen LogP contribution is -2.21. The third-order valence-electron chi connectivity index (χ3n) is 2.37. The Morgan fingerprint density at radius 1 is 1.43 bits per heavy atom. The first-order valence-electron chi connectivity index (χ1n) is 4.63. The molecule has 2 heterocycles. The molecule has 0 aliphatic carbocycles. The van der Waals surface area contributed by atoms with Crippen LogP contribution in [0.15, 0.2) is 0 Å². The summed E-state index contributed by atoms with van der Waals surface area (Å²) in [6, 6.07) is 0.166. The van der Waals surface area contributed by atoms with Crippen molar-refractivity contribution in [1.82, 2.24) is 15.0 Å². The summed E-state index contributed by atoms with van der Waals surface area (Å²) in [7, 11) is -2.92. The van der Waals surface area contributed by atoms with Gasteiger partial charge in [0, 0.05) is 12.5 Å². The van der Waals surface area contributed by atoms with Crippen LogP contribution in [0.4, 0.5) is 0 Å². The summed E-state index contributed by atoms with van der Waals surface area (Å²) in [4.78, 5) is 0. The monoisotopic (exact) mass is 215 g/mol. The molecule has 0 saturated carbocycles. The molecule has 0 aromatic carbocycles. The van der Waals surface area contributed by atoms with Crippen LogP contribution in [-0.4, -0.2) is 29.2 Å². The van der Waals surface area contributed by atoms with Gasteiger partial charge in [-0.15, -0.1) is 5.10 Å². The molecule has 0 unspecified atom stereocenters. The van der Waals surface area contributed by atoms with Crippen molar-refractivity contribution in [2.45, 2.75) is 32.1 Å². The number of nitrogens with zero attached hydrogens (tertiary/aromatic N) is 3. The first-order valence-corrected chi connectivity index (χ1v) is 6.45. The molecule has 78 valence electrons. The average molecular weight is 215 g/mol. The first kappa shape index (κ1) is 9.64. The second-order valence-electron chi connectivity index (χ2n) is 3.86. The molecule has 2 rings (SSSR count). The van der Waals surface area contributed by atoms with E-state index in [0.29, 0.717) is 6.42 Å². The lowest BCUT2D eigenvalue weighted by Gasteiger charge is -2.14. The van der Waals surface area contributed by atoms with Gasteiger partial charge in [0.1, 0.15) is 0 Å². The molecular formula is C8H13N3O2S. The molecule has 0 spiro atoms. The van der Waals surface area contributed by atoms with Gasteiger partial charge >= 0.3 is 0 Å². The van der Waals surface area contributed by atoms with Crippen molar-refractivity contribution in [2.24, 2.45) is 0 Å². The van der Waals surface area contributed by atoms with E-state index in [4.69, 9.17) is 0 Å². The zero-order valence-electron chi connectivity index (χ0n) is 8.27. The highest BCUT2D eigenvalue weighted by atomic mass is 32.2. The molecule has 1 aliphatic rings. The van der Waals surface area contributed by atoms with Gasteiger partial charge in [0.05, 0.1) is 22.9 Å². The summed E-state index contributed by atoms with van der Waals surface area (Å²) < 4.78 is 24.5. The van der Waals surface area contributed by atoms with Crippen LogP contribution in [0.25, 0.3) is 0 Å². The maximum Gasteiger partial charge on any atom is 0.156 e. The van der Waals surface area contributed by atoms with E-state index in [0.717, 1.165) is 11.4 Å². The molecule has 1 aromatic heterocycles. The van der Waals surface area contributed by atoms with Gasteiger partial charge in [-0.1, -0.05) is 5.21 Å². The summed E-state index contributed by atoms with van der Waals surface area (Å²) in [5, 5.41) is 7.96. The topological polar surface area (TPSA) is 64.8 Å². The first-order chi connectivity index (χ1) is 6.49. The number of hydrogen-bond acceptors (Lipinski definition) is 4. The smallest absolute Gasteiger partial charge is 0.156 e. The van der Waals surface area contributed by atoms with Crippen molar-refractivity contribution in [3.63, 3.8) is 0 Å². The molecule has 0 fully saturated rings. The number of rotatable bonds is 1.